The first-order chi connectivity index (χ1) is 10.0. The molecule has 0 saturated heterocycles. The molecule has 4 heteroatoms. The summed E-state index contributed by atoms with van der Waals surface area (Å²) in [5, 5.41) is 3.53. The van der Waals surface area contributed by atoms with Gasteiger partial charge in [-0.3, -0.25) is 0 Å². The third-order valence-electron chi connectivity index (χ3n) is 3.47. The lowest BCUT2D eigenvalue weighted by molar-refractivity contribution is 0.399. The summed E-state index contributed by atoms with van der Waals surface area (Å²) < 4.78 is 5.40. The maximum absolute atomic E-state index is 5.40. The Balaban J connectivity index is 2.34. The molecule has 0 spiro atoms. The van der Waals surface area contributed by atoms with E-state index in [0.717, 1.165) is 11.4 Å². The van der Waals surface area contributed by atoms with Crippen LogP contribution in [0.15, 0.2) is 36.5 Å². The number of hydrogen-bond donors (Lipinski definition) is 1. The van der Waals surface area contributed by atoms with Gasteiger partial charge in [0, 0.05) is 26.3 Å². The quantitative estimate of drug-likeness (QED) is 0.910. The minimum atomic E-state index is 0.168. The van der Waals surface area contributed by atoms with Crippen molar-refractivity contribution in [1.82, 2.24) is 4.98 Å². The van der Waals surface area contributed by atoms with Crippen molar-refractivity contribution in [2.45, 2.75) is 19.9 Å². The van der Waals surface area contributed by atoms with Gasteiger partial charge in [-0.1, -0.05) is 29.8 Å². The Hall–Kier alpha value is -2.23. The molecule has 1 aromatic carbocycles. The third kappa shape index (κ3) is 3.45. The third-order valence-corrected chi connectivity index (χ3v) is 3.47. The highest BCUT2D eigenvalue weighted by atomic mass is 16.5. The zero-order chi connectivity index (χ0) is 15.4. The standard InChI is InChI=1S/C17H23N3O/c1-12-7-6-8-14(11-12)13(2)19-16-15(20(3)4)9-10-18-17(16)21-5/h6-11,13,19H,1-5H3. The number of rotatable bonds is 5. The van der Waals surface area contributed by atoms with E-state index < -0.39 is 0 Å². The molecule has 0 saturated carbocycles. The van der Waals surface area contributed by atoms with Crippen molar-refractivity contribution in [2.24, 2.45) is 0 Å². The minimum Gasteiger partial charge on any atom is -0.479 e. The largest absolute Gasteiger partial charge is 0.479 e. The summed E-state index contributed by atoms with van der Waals surface area (Å²) in [7, 11) is 5.67. The summed E-state index contributed by atoms with van der Waals surface area (Å²) in [6.45, 7) is 4.24. The molecule has 1 unspecified atom stereocenters. The van der Waals surface area contributed by atoms with Crippen LogP contribution in [0.1, 0.15) is 24.1 Å². The highest BCUT2D eigenvalue weighted by molar-refractivity contribution is 5.74. The molecule has 4 nitrogen and oxygen atoms in total. The van der Waals surface area contributed by atoms with Crippen molar-refractivity contribution in [2.75, 3.05) is 31.4 Å². The number of aromatic nitrogens is 1. The molecule has 1 N–H and O–H groups in total. The molecule has 0 bridgehead atoms. The van der Waals surface area contributed by atoms with Crippen LogP contribution in [-0.2, 0) is 0 Å². The highest BCUT2D eigenvalue weighted by Crippen LogP contribution is 2.34. The van der Waals surface area contributed by atoms with Gasteiger partial charge >= 0.3 is 0 Å². The van der Waals surface area contributed by atoms with Gasteiger partial charge in [-0.2, -0.15) is 0 Å². The molecule has 0 fully saturated rings. The summed E-state index contributed by atoms with van der Waals surface area (Å²) in [5.74, 6) is 0.612. The Labute approximate surface area is 126 Å². The molecular weight excluding hydrogens is 262 g/mol. The smallest absolute Gasteiger partial charge is 0.239 e. The number of nitrogens with one attached hydrogen (secondary N) is 1. The minimum absolute atomic E-state index is 0.168. The Morgan fingerprint density at radius 3 is 2.62 bits per heavy atom. The average Bonchev–Trinajstić information content (AvgIpc) is 2.47. The predicted molar refractivity (Wildman–Crippen MR) is 88.3 cm³/mol. The number of anilines is 2. The van der Waals surface area contributed by atoms with E-state index in [0.29, 0.717) is 5.88 Å². The van der Waals surface area contributed by atoms with Gasteiger partial charge in [-0.25, -0.2) is 4.98 Å². The van der Waals surface area contributed by atoms with Gasteiger partial charge in [0.25, 0.3) is 0 Å². The number of ether oxygens (including phenoxy) is 1. The fourth-order valence-corrected chi connectivity index (χ4v) is 2.34. The van der Waals surface area contributed by atoms with Gasteiger partial charge < -0.3 is 15.0 Å². The van der Waals surface area contributed by atoms with E-state index in [2.05, 4.69) is 53.3 Å². The molecule has 0 aliphatic carbocycles. The number of hydrogen-bond acceptors (Lipinski definition) is 4. The monoisotopic (exact) mass is 285 g/mol. The fourth-order valence-electron chi connectivity index (χ4n) is 2.34. The second-order valence-corrected chi connectivity index (χ2v) is 5.39. The number of pyridine rings is 1. The summed E-state index contributed by atoms with van der Waals surface area (Å²) in [4.78, 5) is 6.34. The van der Waals surface area contributed by atoms with Crippen LogP contribution in [0, 0.1) is 6.92 Å². The van der Waals surface area contributed by atoms with Gasteiger partial charge in [-0.05, 0) is 25.5 Å². The van der Waals surface area contributed by atoms with Crippen molar-refractivity contribution < 1.29 is 4.74 Å². The predicted octanol–water partition coefficient (Wildman–Crippen LogP) is 3.64. The molecule has 0 radical (unpaired) electrons. The Kier molecular flexibility index (Phi) is 4.68. The van der Waals surface area contributed by atoms with Gasteiger partial charge in [0.1, 0.15) is 5.69 Å². The highest BCUT2D eigenvalue weighted by Gasteiger charge is 2.15. The van der Waals surface area contributed by atoms with E-state index in [1.165, 1.54) is 11.1 Å². The summed E-state index contributed by atoms with van der Waals surface area (Å²) in [5.41, 5.74) is 4.47. The van der Waals surface area contributed by atoms with Crippen LogP contribution in [0.3, 0.4) is 0 Å². The maximum atomic E-state index is 5.40. The van der Waals surface area contributed by atoms with Crippen molar-refractivity contribution in [1.29, 1.82) is 0 Å². The molecular formula is C17H23N3O. The van der Waals surface area contributed by atoms with Crippen LogP contribution in [0.5, 0.6) is 5.88 Å². The van der Waals surface area contributed by atoms with Crippen LogP contribution in [0.2, 0.25) is 0 Å². The van der Waals surface area contributed by atoms with Crippen LogP contribution < -0.4 is 15.0 Å². The van der Waals surface area contributed by atoms with E-state index in [1.54, 1.807) is 13.3 Å². The molecule has 1 atom stereocenters. The zero-order valence-electron chi connectivity index (χ0n) is 13.3. The lowest BCUT2D eigenvalue weighted by Gasteiger charge is -2.23. The Morgan fingerprint density at radius 2 is 2.00 bits per heavy atom. The topological polar surface area (TPSA) is 37.4 Å². The van der Waals surface area contributed by atoms with Gasteiger partial charge in [0.2, 0.25) is 5.88 Å². The van der Waals surface area contributed by atoms with E-state index in [1.807, 2.05) is 20.2 Å². The summed E-state index contributed by atoms with van der Waals surface area (Å²) >= 11 is 0. The normalized spacial score (nSPS) is 11.9. The Bertz CT molecular complexity index is 611. The van der Waals surface area contributed by atoms with Crippen molar-refractivity contribution in [3.05, 3.63) is 47.7 Å². The number of nitrogens with zero attached hydrogens (tertiary/aromatic N) is 2. The zero-order valence-corrected chi connectivity index (χ0v) is 13.3. The molecule has 0 amide bonds. The van der Waals surface area contributed by atoms with Gasteiger partial charge in [0.05, 0.1) is 12.8 Å². The SMILES string of the molecule is COc1nccc(N(C)C)c1NC(C)c1cccc(C)c1. The molecule has 112 valence electrons. The van der Waals surface area contributed by atoms with Crippen molar-refractivity contribution in [3.63, 3.8) is 0 Å². The Morgan fingerprint density at radius 1 is 1.24 bits per heavy atom. The summed E-state index contributed by atoms with van der Waals surface area (Å²) in [6, 6.07) is 10.6. The van der Waals surface area contributed by atoms with Crippen LogP contribution in [-0.4, -0.2) is 26.2 Å². The number of benzene rings is 1. The van der Waals surface area contributed by atoms with E-state index in [4.69, 9.17) is 4.74 Å². The molecule has 2 aromatic rings. The molecule has 0 aliphatic heterocycles. The van der Waals surface area contributed by atoms with E-state index in [9.17, 15) is 0 Å². The summed E-state index contributed by atoms with van der Waals surface area (Å²) in [6.07, 6.45) is 1.76. The molecule has 2 rings (SSSR count). The molecule has 1 heterocycles. The first-order valence-electron chi connectivity index (χ1n) is 7.06. The lowest BCUT2D eigenvalue weighted by Crippen LogP contribution is -2.15. The first kappa shape index (κ1) is 15.2. The van der Waals surface area contributed by atoms with Gasteiger partial charge in [0.15, 0.2) is 0 Å². The molecule has 0 aliphatic rings. The first-order valence-corrected chi connectivity index (χ1v) is 7.06. The maximum Gasteiger partial charge on any atom is 0.239 e. The van der Waals surface area contributed by atoms with E-state index in [-0.39, 0.29) is 6.04 Å². The van der Waals surface area contributed by atoms with E-state index >= 15 is 0 Å². The second kappa shape index (κ2) is 6.48. The lowest BCUT2D eigenvalue weighted by atomic mass is 10.1. The second-order valence-electron chi connectivity index (χ2n) is 5.39. The van der Waals surface area contributed by atoms with Crippen molar-refractivity contribution in [3.8, 4) is 5.88 Å². The number of aryl methyl sites for hydroxylation is 1. The van der Waals surface area contributed by atoms with Gasteiger partial charge in [-0.15, -0.1) is 0 Å². The number of methoxy groups -OCH3 is 1. The van der Waals surface area contributed by atoms with Crippen LogP contribution in [0.25, 0.3) is 0 Å². The van der Waals surface area contributed by atoms with Crippen molar-refractivity contribution >= 4 is 11.4 Å². The fraction of sp³-hybridized carbons (Fsp3) is 0.353. The average molecular weight is 285 g/mol. The van der Waals surface area contributed by atoms with Crippen LogP contribution >= 0.6 is 0 Å². The molecule has 1 aromatic heterocycles. The van der Waals surface area contributed by atoms with Crippen LogP contribution in [0.4, 0.5) is 11.4 Å². The molecule has 21 heavy (non-hydrogen) atoms.